The van der Waals surface area contributed by atoms with Crippen molar-refractivity contribution in [2.45, 2.75) is 189 Å². The van der Waals surface area contributed by atoms with Gasteiger partial charge in [-0.05, 0) is 147 Å². The highest BCUT2D eigenvalue weighted by atomic mass is 32.2. The third-order valence-corrected chi connectivity index (χ3v) is 17.1. The summed E-state index contributed by atoms with van der Waals surface area (Å²) in [7, 11) is 0. The molecular weight excluding hydrogens is 937 g/mol. The molecule has 5 rings (SSSR count). The predicted molar refractivity (Wildman–Crippen MR) is 281 cm³/mol. The molecule has 72 heavy (non-hydrogen) atoms. The Hall–Kier alpha value is -4.31. The summed E-state index contributed by atoms with van der Waals surface area (Å²) in [6, 6.07) is 7.85. The van der Waals surface area contributed by atoms with Gasteiger partial charge in [0.25, 0.3) is 0 Å². The molecule has 15 nitrogen and oxygen atoms in total. The molecule has 8 atom stereocenters. The fourth-order valence-corrected chi connectivity index (χ4v) is 12.8. The molecule has 4 aliphatic rings. The Kier molecular flexibility index (Phi) is 19.1. The summed E-state index contributed by atoms with van der Waals surface area (Å²) in [4.78, 5) is 79.4. The Bertz CT molecular complexity index is 2100. The van der Waals surface area contributed by atoms with Crippen molar-refractivity contribution in [3.8, 4) is 0 Å². The molecule has 4 aliphatic carbocycles. The van der Waals surface area contributed by atoms with Gasteiger partial charge in [-0.15, -0.1) is 11.8 Å². The first-order valence-corrected chi connectivity index (χ1v) is 27.4. The number of nitrogens with zero attached hydrogens (tertiary/aromatic N) is 1. The van der Waals surface area contributed by atoms with Crippen molar-refractivity contribution in [2.75, 3.05) is 31.9 Å². The van der Waals surface area contributed by atoms with Crippen LogP contribution in [0.4, 0.5) is 14.4 Å². The van der Waals surface area contributed by atoms with Gasteiger partial charge in [-0.2, -0.15) is 0 Å². The molecule has 1 aromatic carbocycles. The average Bonchev–Trinajstić information content (AvgIpc) is 3.26. The third-order valence-electron chi connectivity index (χ3n) is 15.8. The molecule has 2 bridgehead atoms. The van der Waals surface area contributed by atoms with Crippen molar-refractivity contribution in [1.29, 1.82) is 0 Å². The van der Waals surface area contributed by atoms with Crippen LogP contribution in [0.15, 0.2) is 30.3 Å². The number of Topliss-reactive ketones (excluding diaryl/α,β-unsaturated/α-hetero) is 1. The van der Waals surface area contributed by atoms with Gasteiger partial charge in [0.1, 0.15) is 28.7 Å². The molecule has 4 amide bonds. The Morgan fingerprint density at radius 3 is 2.01 bits per heavy atom. The molecule has 4 N–H and O–H groups in total. The van der Waals surface area contributed by atoms with E-state index in [2.05, 4.69) is 56.6 Å². The van der Waals surface area contributed by atoms with Gasteiger partial charge in [0.15, 0.2) is 0 Å². The number of nitrogens with one attached hydrogen (secondary N) is 3. The summed E-state index contributed by atoms with van der Waals surface area (Å²) < 4.78 is 23.0. The van der Waals surface area contributed by atoms with Crippen LogP contribution in [0.2, 0.25) is 0 Å². The van der Waals surface area contributed by atoms with Crippen LogP contribution in [0.1, 0.15) is 159 Å². The Morgan fingerprint density at radius 2 is 1.44 bits per heavy atom. The summed E-state index contributed by atoms with van der Waals surface area (Å²) in [5, 5.41) is 21.0. The van der Waals surface area contributed by atoms with E-state index in [1.54, 1.807) is 58.2 Å². The first-order valence-electron chi connectivity index (χ1n) is 26.3. The number of carbonyl (C=O) groups is 6. The largest absolute Gasteiger partial charge is 0.461 e. The standard InChI is InChI=1S/C56H88N4O11S/c1-35(2)55(14)43(68-45(63)34-72-40-21-19-38(20-22-40)31-58-44(62)32-59-49(66)70-52(7,8)9)30-54(13,47(64)36(3)56-26-24-42(61)41(29-56)46(55)56)25-23-37-15-17-39(18-16-37)33-60(50(67)71-53(10,11)12)28-27-57-48(65)69-51(4,5)6/h15-18,23,25,35-36,38,40-41,43,46-47,64H,19-22,24,26-34H2,1-14H3,(H,57,65)(H,58,62)(H,59,66)/b25-23+/t36-,38?,40?,41?,43+,46?,47-,54-,55-,56?/m0/s1. The number of fused-ring (bicyclic) bond motifs is 2. The summed E-state index contributed by atoms with van der Waals surface area (Å²) in [6.45, 7) is 27.9. The van der Waals surface area contributed by atoms with E-state index >= 15 is 0 Å². The van der Waals surface area contributed by atoms with Crippen molar-refractivity contribution in [3.05, 3.63) is 41.5 Å². The van der Waals surface area contributed by atoms with Crippen LogP contribution in [0.3, 0.4) is 0 Å². The van der Waals surface area contributed by atoms with E-state index < -0.39 is 58.1 Å². The minimum atomic E-state index is -0.813. The molecule has 0 aliphatic heterocycles. The van der Waals surface area contributed by atoms with E-state index in [0.29, 0.717) is 31.7 Å². The SMILES string of the molecule is CC(C)[C@]1(C)C2C3CC2(CCC3=O)[C@@H](C)[C@H](O)[C@@](C)(/C=C/c2ccc(CN(CCNC(=O)OC(C)(C)C)C(=O)OC(C)(C)C)cc2)C[C@H]1OC(=O)CSC1CCC(CNC(=O)CNC(=O)OC(C)(C)C)CC1. The Labute approximate surface area is 434 Å². The average molecular weight is 1030 g/mol. The van der Waals surface area contributed by atoms with Crippen LogP contribution >= 0.6 is 11.8 Å². The Balaban J connectivity index is 1.28. The van der Waals surface area contributed by atoms with Gasteiger partial charge in [-0.1, -0.05) is 71.0 Å². The lowest BCUT2D eigenvalue weighted by Gasteiger charge is -2.71. The minimum absolute atomic E-state index is 0.0281. The number of ketones is 1. The molecule has 404 valence electrons. The van der Waals surface area contributed by atoms with Gasteiger partial charge in [0, 0.05) is 54.6 Å². The van der Waals surface area contributed by atoms with Gasteiger partial charge < -0.3 is 44.9 Å². The predicted octanol–water partition coefficient (Wildman–Crippen LogP) is 9.86. The van der Waals surface area contributed by atoms with E-state index in [9.17, 15) is 33.9 Å². The number of amides is 4. The molecule has 1 spiro atoms. The highest BCUT2D eigenvalue weighted by Gasteiger charge is 2.71. The molecule has 0 heterocycles. The number of esters is 1. The van der Waals surface area contributed by atoms with Crippen LogP contribution in [0, 0.1) is 45.8 Å². The molecule has 1 aromatic rings. The smallest absolute Gasteiger partial charge is 0.410 e. The molecule has 16 heteroatoms. The zero-order valence-corrected chi connectivity index (χ0v) is 46.7. The number of rotatable bonds is 16. The normalized spacial score (nSPS) is 29.7. The van der Waals surface area contributed by atoms with E-state index in [-0.39, 0.29) is 83.9 Å². The Morgan fingerprint density at radius 1 is 0.847 bits per heavy atom. The second-order valence-corrected chi connectivity index (χ2v) is 26.2. The maximum atomic E-state index is 14.2. The highest BCUT2D eigenvalue weighted by Crippen LogP contribution is 2.72. The van der Waals surface area contributed by atoms with Gasteiger partial charge in [0.05, 0.1) is 18.4 Å². The van der Waals surface area contributed by atoms with Crippen molar-refractivity contribution in [3.63, 3.8) is 0 Å². The lowest BCUT2D eigenvalue weighted by atomic mass is 9.33. The van der Waals surface area contributed by atoms with E-state index in [1.165, 1.54) is 0 Å². The second-order valence-electron chi connectivity index (χ2n) is 24.9. The maximum absolute atomic E-state index is 14.2. The number of hydrogen-bond acceptors (Lipinski definition) is 12. The van der Waals surface area contributed by atoms with Gasteiger partial charge >= 0.3 is 24.2 Å². The first-order chi connectivity index (χ1) is 33.3. The second kappa shape index (κ2) is 23.5. The molecule has 0 aromatic heterocycles. The number of thioether (sulfide) groups is 1. The zero-order valence-electron chi connectivity index (χ0n) is 45.9. The van der Waals surface area contributed by atoms with E-state index in [0.717, 1.165) is 43.2 Å². The summed E-state index contributed by atoms with van der Waals surface area (Å²) >= 11 is 1.62. The molecule has 0 radical (unpaired) electrons. The van der Waals surface area contributed by atoms with Crippen molar-refractivity contribution >= 4 is 53.8 Å². The number of ether oxygens (including phenoxy) is 4. The number of aliphatic hydroxyl groups excluding tert-OH is 1. The summed E-state index contributed by atoms with van der Waals surface area (Å²) in [6.07, 6.45) is 6.97. The first kappa shape index (κ1) is 58.6. The number of hydrogen-bond donors (Lipinski definition) is 4. The van der Waals surface area contributed by atoms with Gasteiger partial charge in [0.2, 0.25) is 5.91 Å². The molecule has 4 saturated carbocycles. The molecular formula is C56H88N4O11S. The zero-order chi connectivity index (χ0) is 53.6. The number of carbonyl (C=O) groups excluding carboxylic acids is 6. The quantitative estimate of drug-likeness (QED) is 0.0904. The molecule has 3 unspecified atom stereocenters. The minimum Gasteiger partial charge on any atom is -0.461 e. The van der Waals surface area contributed by atoms with Gasteiger partial charge in [-0.3, -0.25) is 14.4 Å². The summed E-state index contributed by atoms with van der Waals surface area (Å²) in [5.74, 6) is 0.0169. The van der Waals surface area contributed by atoms with Gasteiger partial charge in [-0.25, -0.2) is 14.4 Å². The van der Waals surface area contributed by atoms with Crippen LogP contribution in [-0.4, -0.2) is 112 Å². The van der Waals surface area contributed by atoms with Crippen LogP contribution in [0.25, 0.3) is 6.08 Å². The van der Waals surface area contributed by atoms with Crippen LogP contribution < -0.4 is 16.0 Å². The maximum Gasteiger partial charge on any atom is 0.410 e. The number of aliphatic hydroxyl groups is 1. The lowest BCUT2D eigenvalue weighted by Crippen LogP contribution is -2.70. The monoisotopic (exact) mass is 1020 g/mol. The fraction of sp³-hybridized carbons (Fsp3) is 0.750. The van der Waals surface area contributed by atoms with Crippen molar-refractivity contribution < 1.29 is 52.8 Å². The van der Waals surface area contributed by atoms with E-state index in [1.807, 2.05) is 51.1 Å². The molecule has 0 saturated heterocycles. The van der Waals surface area contributed by atoms with Crippen LogP contribution in [0.5, 0.6) is 0 Å². The number of alkyl carbamates (subject to hydrolysis) is 2. The fourth-order valence-electron chi connectivity index (χ4n) is 11.7. The number of benzene rings is 1. The van der Waals surface area contributed by atoms with E-state index in [4.69, 9.17) is 18.9 Å². The lowest BCUT2D eigenvalue weighted by molar-refractivity contribution is -0.255. The van der Waals surface area contributed by atoms with Crippen molar-refractivity contribution in [1.82, 2.24) is 20.9 Å². The van der Waals surface area contributed by atoms with Crippen LogP contribution in [-0.2, 0) is 39.9 Å². The van der Waals surface area contributed by atoms with Crippen molar-refractivity contribution in [2.24, 2.45) is 45.8 Å². The topological polar surface area (TPSA) is 199 Å². The highest BCUT2D eigenvalue weighted by molar-refractivity contribution is 8.00. The summed E-state index contributed by atoms with van der Waals surface area (Å²) in [5.41, 5.74) is -1.90. The third kappa shape index (κ3) is 15.4. The molecule has 4 fully saturated rings.